The molecular weight excluding hydrogens is 656 g/mol. The third kappa shape index (κ3) is 15.7. The number of benzene rings is 2. The molecule has 0 heterocycles. The Morgan fingerprint density at radius 2 is 0.865 bits per heavy atom. The van der Waals surface area contributed by atoms with Gasteiger partial charge >= 0.3 is 0 Å². The largest absolute Gasteiger partial charge is 0.507 e. The van der Waals surface area contributed by atoms with E-state index < -0.39 is 11.8 Å². The smallest absolute Gasteiger partial charge is 0.273 e. The number of hydrogen-bond acceptors (Lipinski definition) is 6. The lowest BCUT2D eigenvalue weighted by Crippen LogP contribution is -2.45. The van der Waals surface area contributed by atoms with Crippen LogP contribution in [-0.2, 0) is 22.4 Å². The van der Waals surface area contributed by atoms with Crippen LogP contribution in [0.4, 0.5) is 0 Å². The van der Waals surface area contributed by atoms with Crippen LogP contribution in [0.3, 0.4) is 0 Å². The fourth-order valence-corrected chi connectivity index (χ4v) is 6.69. The van der Waals surface area contributed by atoms with Gasteiger partial charge in [0, 0.05) is 11.8 Å². The zero-order chi connectivity index (χ0) is 38.1. The van der Waals surface area contributed by atoms with Gasteiger partial charge in [0.05, 0.1) is 11.1 Å². The van der Waals surface area contributed by atoms with E-state index in [0.29, 0.717) is 51.4 Å². The Bertz CT molecular complexity index is 1280. The molecule has 4 amide bonds. The Kier molecular flexibility index (Phi) is 21.9. The molecule has 0 aliphatic carbocycles. The lowest BCUT2D eigenvalue weighted by atomic mass is 9.94. The Labute approximate surface area is 312 Å². The van der Waals surface area contributed by atoms with Gasteiger partial charge in [-0.05, 0) is 74.6 Å². The van der Waals surface area contributed by atoms with Crippen LogP contribution >= 0.6 is 0 Å². The van der Waals surface area contributed by atoms with E-state index in [4.69, 9.17) is 0 Å². The number of carbonyl (C=O) groups is 4. The van der Waals surface area contributed by atoms with Crippen molar-refractivity contribution in [2.24, 2.45) is 11.8 Å². The number of phenolic OH excluding ortho intramolecular Hbond substituents is 2. The quantitative estimate of drug-likeness (QED) is 0.0445. The summed E-state index contributed by atoms with van der Waals surface area (Å²) in [6.45, 7) is 8.20. The van der Waals surface area contributed by atoms with Crippen molar-refractivity contribution in [3.8, 4) is 11.5 Å². The maximum atomic E-state index is 13.0. The van der Waals surface area contributed by atoms with Crippen molar-refractivity contribution in [2.45, 2.75) is 156 Å². The topological polar surface area (TPSA) is 157 Å². The van der Waals surface area contributed by atoms with Crippen molar-refractivity contribution in [3.63, 3.8) is 0 Å². The summed E-state index contributed by atoms with van der Waals surface area (Å²) in [5.41, 5.74) is 12.0. The second kappa shape index (κ2) is 25.8. The zero-order valence-corrected chi connectivity index (χ0v) is 32.3. The lowest BCUT2D eigenvalue weighted by Gasteiger charge is -2.18. The summed E-state index contributed by atoms with van der Waals surface area (Å²) in [5.74, 6) is -2.54. The van der Waals surface area contributed by atoms with Crippen molar-refractivity contribution in [3.05, 3.63) is 58.7 Å². The van der Waals surface area contributed by atoms with Crippen molar-refractivity contribution in [2.75, 3.05) is 0 Å². The molecule has 2 aromatic rings. The van der Waals surface area contributed by atoms with Gasteiger partial charge < -0.3 is 10.2 Å². The molecule has 0 fully saturated rings. The maximum absolute atomic E-state index is 13.0. The number of rotatable bonds is 25. The average Bonchev–Trinajstić information content (AvgIpc) is 3.13. The predicted octanol–water partition coefficient (Wildman–Crippen LogP) is 8.74. The summed E-state index contributed by atoms with van der Waals surface area (Å²) in [6, 6.07) is 10.1. The number of carbonyl (C=O) groups excluding carboxylic acids is 4. The fraction of sp³-hybridized carbons (Fsp3) is 0.619. The Hall–Kier alpha value is -4.08. The minimum atomic E-state index is -0.539. The monoisotopic (exact) mass is 722 g/mol. The third-order valence-corrected chi connectivity index (χ3v) is 9.99. The van der Waals surface area contributed by atoms with Gasteiger partial charge in [-0.3, -0.25) is 40.9 Å². The van der Waals surface area contributed by atoms with Crippen LogP contribution in [0.5, 0.6) is 11.5 Å². The molecule has 2 unspecified atom stereocenters. The van der Waals surface area contributed by atoms with Crippen molar-refractivity contribution >= 4 is 23.6 Å². The first-order valence-corrected chi connectivity index (χ1v) is 20.0. The van der Waals surface area contributed by atoms with Crippen molar-refractivity contribution in [1.29, 1.82) is 0 Å². The second-order valence-corrected chi connectivity index (χ2v) is 14.0. The molecule has 10 heteroatoms. The highest BCUT2D eigenvalue weighted by molar-refractivity contribution is 6.00. The van der Waals surface area contributed by atoms with Gasteiger partial charge in [0.1, 0.15) is 11.5 Å². The SMILES string of the molecule is CCCCCCCCc1cccc(O)c1C(=O)NNC(=O)C(CC)CCCCC(CC)C(=O)NNC(=O)c1c(O)cccc1CCCCCCCC. The van der Waals surface area contributed by atoms with Gasteiger partial charge in [-0.15, -0.1) is 0 Å². The van der Waals surface area contributed by atoms with Crippen LogP contribution in [0.1, 0.15) is 175 Å². The summed E-state index contributed by atoms with van der Waals surface area (Å²) < 4.78 is 0. The molecule has 2 rings (SSSR count). The van der Waals surface area contributed by atoms with E-state index in [1.54, 1.807) is 12.1 Å². The highest BCUT2D eigenvalue weighted by Crippen LogP contribution is 2.25. The molecule has 6 N–H and O–H groups in total. The van der Waals surface area contributed by atoms with Gasteiger partial charge in [0.15, 0.2) is 0 Å². The maximum Gasteiger partial charge on any atom is 0.273 e. The van der Waals surface area contributed by atoms with Crippen LogP contribution in [0, 0.1) is 11.8 Å². The van der Waals surface area contributed by atoms with Gasteiger partial charge in [-0.25, -0.2) is 0 Å². The molecule has 0 bridgehead atoms. The molecule has 52 heavy (non-hydrogen) atoms. The third-order valence-electron chi connectivity index (χ3n) is 9.99. The van der Waals surface area contributed by atoms with Crippen molar-refractivity contribution < 1.29 is 29.4 Å². The van der Waals surface area contributed by atoms with Crippen LogP contribution in [0.2, 0.25) is 0 Å². The van der Waals surface area contributed by atoms with E-state index in [1.807, 2.05) is 26.0 Å². The summed E-state index contributed by atoms with van der Waals surface area (Å²) in [7, 11) is 0. The van der Waals surface area contributed by atoms with Crippen LogP contribution < -0.4 is 21.7 Å². The second-order valence-electron chi connectivity index (χ2n) is 14.0. The van der Waals surface area contributed by atoms with Crippen molar-refractivity contribution in [1.82, 2.24) is 21.7 Å². The minimum Gasteiger partial charge on any atom is -0.507 e. The standard InChI is InChI=1S/C42H66N4O6/c1-5-9-11-13-15-17-25-33-27-21-29-35(47)37(33)41(51)45-43-39(49)31(7-3)23-19-20-24-32(8-4)40(50)44-46-42(52)38-34(28-22-30-36(38)48)26-18-16-14-12-10-6-2/h21-22,27-32,47-48H,5-20,23-26H2,1-4H3,(H,43,49)(H,44,50)(H,45,51)(H,46,52). The molecular formula is C42H66N4O6. The average molecular weight is 723 g/mol. The first kappa shape index (κ1) is 44.1. The predicted molar refractivity (Wildman–Crippen MR) is 208 cm³/mol. The number of aryl methyl sites for hydroxylation is 2. The highest BCUT2D eigenvalue weighted by Gasteiger charge is 2.22. The van der Waals surface area contributed by atoms with Gasteiger partial charge in [0.2, 0.25) is 11.8 Å². The molecule has 290 valence electrons. The fourth-order valence-electron chi connectivity index (χ4n) is 6.69. The van der Waals surface area contributed by atoms with Gasteiger partial charge in [0.25, 0.3) is 11.8 Å². The lowest BCUT2D eigenvalue weighted by molar-refractivity contribution is -0.127. The van der Waals surface area contributed by atoms with Gasteiger partial charge in [-0.1, -0.05) is 129 Å². The number of unbranched alkanes of at least 4 members (excludes halogenated alkanes) is 11. The summed E-state index contributed by atoms with van der Waals surface area (Å²) >= 11 is 0. The highest BCUT2D eigenvalue weighted by atomic mass is 16.3. The Balaban J connectivity index is 1.80. The van der Waals surface area contributed by atoms with E-state index in [1.165, 1.54) is 50.7 Å². The van der Waals surface area contributed by atoms with E-state index in [-0.39, 0.29) is 46.3 Å². The molecule has 0 spiro atoms. The van der Waals surface area contributed by atoms with E-state index in [2.05, 4.69) is 35.6 Å². The van der Waals surface area contributed by atoms with E-state index >= 15 is 0 Å². The Morgan fingerprint density at radius 3 is 1.23 bits per heavy atom. The minimum absolute atomic E-state index is 0.109. The molecule has 0 aliphatic rings. The molecule has 10 nitrogen and oxygen atoms in total. The Morgan fingerprint density at radius 1 is 0.500 bits per heavy atom. The molecule has 0 saturated heterocycles. The van der Waals surface area contributed by atoms with E-state index in [9.17, 15) is 29.4 Å². The first-order chi connectivity index (χ1) is 25.2. The summed E-state index contributed by atoms with van der Waals surface area (Å²) in [6.07, 6.45) is 18.6. The molecule has 0 aromatic heterocycles. The number of amides is 4. The molecule has 0 aliphatic heterocycles. The molecule has 2 atom stereocenters. The molecule has 0 radical (unpaired) electrons. The first-order valence-electron chi connectivity index (χ1n) is 20.0. The molecule has 0 saturated carbocycles. The van der Waals surface area contributed by atoms with Crippen LogP contribution in [-0.4, -0.2) is 33.8 Å². The summed E-state index contributed by atoms with van der Waals surface area (Å²) in [5, 5.41) is 20.9. The number of phenols is 2. The number of hydrazine groups is 2. The summed E-state index contributed by atoms with van der Waals surface area (Å²) in [4.78, 5) is 52.0. The number of aromatic hydroxyl groups is 2. The number of nitrogens with one attached hydrogen (secondary N) is 4. The molecule has 2 aromatic carbocycles. The van der Waals surface area contributed by atoms with Gasteiger partial charge in [-0.2, -0.15) is 0 Å². The number of hydrogen-bond donors (Lipinski definition) is 6. The van der Waals surface area contributed by atoms with Crippen LogP contribution in [0.15, 0.2) is 36.4 Å². The van der Waals surface area contributed by atoms with Crippen LogP contribution in [0.25, 0.3) is 0 Å². The zero-order valence-electron chi connectivity index (χ0n) is 32.3. The normalized spacial score (nSPS) is 12.2. The van der Waals surface area contributed by atoms with E-state index in [0.717, 1.165) is 49.7 Å².